The lowest BCUT2D eigenvalue weighted by Crippen LogP contribution is -2.57. The van der Waals surface area contributed by atoms with E-state index in [1.165, 1.54) is 16.7 Å². The first-order valence-corrected chi connectivity index (χ1v) is 11.5. The zero-order valence-corrected chi connectivity index (χ0v) is 19.5. The van der Waals surface area contributed by atoms with E-state index in [0.717, 1.165) is 48.7 Å². The van der Waals surface area contributed by atoms with Crippen molar-refractivity contribution in [2.24, 2.45) is 0 Å². The molecule has 0 aliphatic carbocycles. The van der Waals surface area contributed by atoms with Crippen LogP contribution in [-0.4, -0.2) is 48.6 Å². The van der Waals surface area contributed by atoms with Gasteiger partial charge in [-0.15, -0.1) is 0 Å². The lowest BCUT2D eigenvalue weighted by Gasteiger charge is -2.41. The van der Waals surface area contributed by atoms with Crippen LogP contribution in [0.3, 0.4) is 0 Å². The molecule has 32 heavy (non-hydrogen) atoms. The van der Waals surface area contributed by atoms with E-state index in [0.29, 0.717) is 0 Å². The molecule has 1 fully saturated rings. The summed E-state index contributed by atoms with van der Waals surface area (Å²) in [5.41, 5.74) is 5.93. The minimum atomic E-state index is 0.00460. The van der Waals surface area contributed by atoms with Gasteiger partial charge in [-0.3, -0.25) is 4.90 Å². The molecule has 1 aliphatic rings. The fraction of sp³-hybridized carbons (Fsp3) is 0.296. The van der Waals surface area contributed by atoms with Crippen LogP contribution < -0.4 is 5.32 Å². The van der Waals surface area contributed by atoms with Crippen LogP contribution >= 0.6 is 11.6 Å². The third kappa shape index (κ3) is 5.32. The molecule has 1 aliphatic heterocycles. The highest BCUT2D eigenvalue weighted by Gasteiger charge is 2.30. The van der Waals surface area contributed by atoms with Crippen LogP contribution in [0.2, 0.25) is 5.02 Å². The molecule has 0 unspecified atom stereocenters. The van der Waals surface area contributed by atoms with E-state index in [2.05, 4.69) is 71.7 Å². The van der Waals surface area contributed by atoms with Crippen molar-refractivity contribution in [1.29, 1.82) is 0 Å². The lowest BCUT2D eigenvalue weighted by molar-refractivity contribution is 0.0906. The van der Waals surface area contributed by atoms with Crippen molar-refractivity contribution >= 4 is 17.6 Å². The fourth-order valence-corrected chi connectivity index (χ4v) is 4.67. The Kier molecular flexibility index (Phi) is 7.13. The highest BCUT2D eigenvalue weighted by Crippen LogP contribution is 2.29. The molecule has 3 aromatic rings. The predicted molar refractivity (Wildman–Crippen MR) is 132 cm³/mol. The van der Waals surface area contributed by atoms with Crippen LogP contribution in [-0.2, 0) is 13.0 Å². The molecule has 0 aromatic heterocycles. The number of halogens is 1. The van der Waals surface area contributed by atoms with Crippen LogP contribution in [0.1, 0.15) is 16.7 Å². The van der Waals surface area contributed by atoms with E-state index in [9.17, 15) is 4.79 Å². The van der Waals surface area contributed by atoms with Crippen molar-refractivity contribution in [3.8, 4) is 11.1 Å². The second-order valence-electron chi connectivity index (χ2n) is 8.51. The van der Waals surface area contributed by atoms with Gasteiger partial charge in [0.25, 0.3) is 0 Å². The van der Waals surface area contributed by atoms with Crippen molar-refractivity contribution in [1.82, 2.24) is 15.1 Å². The predicted octanol–water partition coefficient (Wildman–Crippen LogP) is 5.38. The standard InChI is InChI=1S/C27H30ClN3O/c1-20-8-13-26(28)25(16-20)23-11-9-22(10-12-23)18-30-14-15-31(27(32)29-2)24(19-30)17-21-6-4-3-5-7-21/h3-13,16,24H,14-15,17-19H2,1-2H3,(H,29,32)/t24-/m1/s1. The van der Waals surface area contributed by atoms with Gasteiger partial charge in [-0.25, -0.2) is 4.79 Å². The van der Waals surface area contributed by atoms with Gasteiger partial charge in [-0.05, 0) is 42.2 Å². The third-order valence-corrected chi connectivity index (χ3v) is 6.48. The molecule has 1 saturated heterocycles. The molecule has 0 radical (unpaired) electrons. The Labute approximate surface area is 195 Å². The highest BCUT2D eigenvalue weighted by atomic mass is 35.5. The summed E-state index contributed by atoms with van der Waals surface area (Å²) in [7, 11) is 1.70. The summed E-state index contributed by atoms with van der Waals surface area (Å²) >= 11 is 6.41. The van der Waals surface area contributed by atoms with Gasteiger partial charge >= 0.3 is 6.03 Å². The van der Waals surface area contributed by atoms with Gasteiger partial charge in [0, 0.05) is 43.8 Å². The van der Waals surface area contributed by atoms with E-state index in [-0.39, 0.29) is 12.1 Å². The van der Waals surface area contributed by atoms with Gasteiger partial charge < -0.3 is 10.2 Å². The number of nitrogens with one attached hydrogen (secondary N) is 1. The Morgan fingerprint density at radius 2 is 1.75 bits per heavy atom. The second-order valence-corrected chi connectivity index (χ2v) is 8.91. The number of hydrogen-bond acceptors (Lipinski definition) is 2. The Morgan fingerprint density at radius 1 is 1.00 bits per heavy atom. The van der Waals surface area contributed by atoms with E-state index in [4.69, 9.17) is 11.6 Å². The molecule has 5 heteroatoms. The molecule has 1 heterocycles. The zero-order valence-electron chi connectivity index (χ0n) is 18.7. The number of nitrogens with zero attached hydrogens (tertiary/aromatic N) is 2. The minimum Gasteiger partial charge on any atom is -0.341 e. The first kappa shape index (κ1) is 22.4. The van der Waals surface area contributed by atoms with Crippen molar-refractivity contribution in [3.05, 3.63) is 94.5 Å². The fourth-order valence-electron chi connectivity index (χ4n) is 4.44. The monoisotopic (exact) mass is 447 g/mol. The lowest BCUT2D eigenvalue weighted by atomic mass is 10.0. The Balaban J connectivity index is 1.45. The molecule has 0 spiro atoms. The summed E-state index contributed by atoms with van der Waals surface area (Å²) in [6.45, 7) is 5.40. The average molecular weight is 448 g/mol. The topological polar surface area (TPSA) is 35.6 Å². The van der Waals surface area contributed by atoms with Gasteiger partial charge in [0.1, 0.15) is 0 Å². The van der Waals surface area contributed by atoms with E-state index in [1.54, 1.807) is 7.05 Å². The summed E-state index contributed by atoms with van der Waals surface area (Å²) in [6, 6.07) is 25.4. The normalized spacial score (nSPS) is 16.7. The molecule has 166 valence electrons. The Bertz CT molecular complexity index is 1050. The van der Waals surface area contributed by atoms with E-state index < -0.39 is 0 Å². The molecule has 1 N–H and O–H groups in total. The maximum Gasteiger partial charge on any atom is 0.317 e. The molecular formula is C27H30ClN3O. The van der Waals surface area contributed by atoms with Gasteiger partial charge in [0.2, 0.25) is 0 Å². The number of aryl methyl sites for hydroxylation is 1. The third-order valence-electron chi connectivity index (χ3n) is 6.15. The number of benzene rings is 3. The number of piperazine rings is 1. The number of carbonyl (C=O) groups is 1. The number of hydrogen-bond donors (Lipinski definition) is 1. The summed E-state index contributed by atoms with van der Waals surface area (Å²) in [5, 5.41) is 3.58. The SMILES string of the molecule is CNC(=O)N1CCN(Cc2ccc(-c3cc(C)ccc3Cl)cc2)C[C@H]1Cc1ccccc1. The Hall–Kier alpha value is -2.82. The smallest absolute Gasteiger partial charge is 0.317 e. The summed E-state index contributed by atoms with van der Waals surface area (Å²) in [6.07, 6.45) is 0.857. The number of rotatable bonds is 5. The summed E-state index contributed by atoms with van der Waals surface area (Å²) < 4.78 is 0. The first-order chi connectivity index (χ1) is 15.5. The molecule has 4 nitrogen and oxygen atoms in total. The van der Waals surface area contributed by atoms with Crippen molar-refractivity contribution in [3.63, 3.8) is 0 Å². The summed E-state index contributed by atoms with van der Waals surface area (Å²) in [5.74, 6) is 0. The molecule has 0 bridgehead atoms. The largest absolute Gasteiger partial charge is 0.341 e. The van der Waals surface area contributed by atoms with Crippen molar-refractivity contribution in [2.45, 2.75) is 25.9 Å². The van der Waals surface area contributed by atoms with Crippen molar-refractivity contribution in [2.75, 3.05) is 26.7 Å². The molecule has 3 aromatic carbocycles. The van der Waals surface area contributed by atoms with Crippen LogP contribution in [0.25, 0.3) is 11.1 Å². The van der Waals surface area contributed by atoms with Gasteiger partial charge in [-0.1, -0.05) is 77.8 Å². The maximum atomic E-state index is 12.4. The van der Waals surface area contributed by atoms with Crippen LogP contribution in [0.4, 0.5) is 4.79 Å². The molecular weight excluding hydrogens is 418 g/mol. The van der Waals surface area contributed by atoms with Crippen LogP contribution in [0, 0.1) is 6.92 Å². The number of urea groups is 1. The number of carbonyl (C=O) groups excluding carboxylic acids is 1. The second kappa shape index (κ2) is 10.2. The van der Waals surface area contributed by atoms with Crippen LogP contribution in [0.5, 0.6) is 0 Å². The number of amides is 2. The molecule has 0 saturated carbocycles. The molecule has 1 atom stereocenters. The van der Waals surface area contributed by atoms with Crippen molar-refractivity contribution < 1.29 is 4.79 Å². The first-order valence-electron chi connectivity index (χ1n) is 11.1. The average Bonchev–Trinajstić information content (AvgIpc) is 2.82. The van der Waals surface area contributed by atoms with E-state index in [1.807, 2.05) is 23.1 Å². The van der Waals surface area contributed by atoms with Gasteiger partial charge in [-0.2, -0.15) is 0 Å². The minimum absolute atomic E-state index is 0.00460. The van der Waals surface area contributed by atoms with Gasteiger partial charge in [0.15, 0.2) is 0 Å². The quantitative estimate of drug-likeness (QED) is 0.569. The maximum absolute atomic E-state index is 12.4. The molecule has 4 rings (SSSR count). The van der Waals surface area contributed by atoms with E-state index >= 15 is 0 Å². The Morgan fingerprint density at radius 3 is 2.47 bits per heavy atom. The highest BCUT2D eigenvalue weighted by molar-refractivity contribution is 6.33. The van der Waals surface area contributed by atoms with Gasteiger partial charge in [0.05, 0.1) is 6.04 Å². The zero-order chi connectivity index (χ0) is 22.5. The molecule has 2 amide bonds. The summed E-state index contributed by atoms with van der Waals surface area (Å²) in [4.78, 5) is 16.9. The van der Waals surface area contributed by atoms with Crippen LogP contribution in [0.15, 0.2) is 72.8 Å².